The van der Waals surface area contributed by atoms with E-state index in [0.29, 0.717) is 11.8 Å². The number of allylic oxidation sites excluding steroid dienone is 6. The van der Waals surface area contributed by atoms with Crippen molar-refractivity contribution < 1.29 is 22.7 Å². The third-order valence-corrected chi connectivity index (χ3v) is 25.5. The minimum absolute atomic E-state index is 0.575. The van der Waals surface area contributed by atoms with Crippen molar-refractivity contribution in [3.8, 4) is 0 Å². The SMILES string of the molecule is CCCCCCCCCCCCCCCCCCCCCC1=C(c2ccccc2CCC(C=C(CC)CCCCCCCCCCCCC)CC)[N+](=[N-])C(c2ccccc2CCC(C=C(CC)CCCCCCCCCCCCC)CC)=C1CCCCCCCC.c1ccc([CH2][Pd][CH2]c2ccccc2)cc1. The van der Waals surface area contributed by atoms with Crippen molar-refractivity contribution >= 4 is 11.4 Å². The molecule has 0 saturated heterocycles. The van der Waals surface area contributed by atoms with Crippen LogP contribution < -0.4 is 0 Å². The molecular formula is C103H168N2Pd. The van der Waals surface area contributed by atoms with Crippen LogP contribution in [0.3, 0.4) is 0 Å². The molecule has 0 aliphatic carbocycles. The van der Waals surface area contributed by atoms with Crippen LogP contribution in [0.2, 0.25) is 0 Å². The molecule has 5 rings (SSSR count). The van der Waals surface area contributed by atoms with Crippen LogP contribution in [0.15, 0.2) is 144 Å². The summed E-state index contributed by atoms with van der Waals surface area (Å²) in [5.41, 5.74) is 30.0. The molecular weight excluding hydrogens is 1370 g/mol. The average Bonchev–Trinajstić information content (AvgIpc) is 1.60. The second-order valence-electron chi connectivity index (χ2n) is 32.6. The second-order valence-corrected chi connectivity index (χ2v) is 34.5. The number of aryl methyl sites for hydroxylation is 2. The predicted octanol–water partition coefficient (Wildman–Crippen LogP) is 34.9. The minimum atomic E-state index is 0.575. The number of nitrogens with zero attached hydrogens (tertiary/aromatic N) is 2. The van der Waals surface area contributed by atoms with Gasteiger partial charge in [-0.25, -0.2) is 4.70 Å². The van der Waals surface area contributed by atoms with Gasteiger partial charge in [0, 0.05) is 22.3 Å². The first-order valence-corrected chi connectivity index (χ1v) is 48.6. The van der Waals surface area contributed by atoms with E-state index in [2.05, 4.69) is 177 Å². The Morgan fingerprint density at radius 2 is 0.557 bits per heavy atom. The van der Waals surface area contributed by atoms with Gasteiger partial charge in [-0.1, -0.05) is 391 Å². The molecule has 4 aromatic carbocycles. The van der Waals surface area contributed by atoms with Crippen molar-refractivity contribution in [3.05, 3.63) is 183 Å². The van der Waals surface area contributed by atoms with E-state index in [1.165, 1.54) is 395 Å². The normalized spacial score (nSPS) is 13.4. The van der Waals surface area contributed by atoms with E-state index in [1.807, 2.05) is 0 Å². The molecule has 0 fully saturated rings. The Morgan fingerprint density at radius 3 is 0.830 bits per heavy atom. The number of hydrogen-bond acceptors (Lipinski definition) is 0. The van der Waals surface area contributed by atoms with Gasteiger partial charge in [-0.15, -0.1) is 0 Å². The molecule has 1 aliphatic heterocycles. The van der Waals surface area contributed by atoms with Gasteiger partial charge >= 0.3 is 99.6 Å². The molecule has 1 heterocycles. The van der Waals surface area contributed by atoms with Crippen LogP contribution in [-0.2, 0) is 40.6 Å². The number of unbranched alkanes of at least 4 members (excludes halogenated alkanes) is 43. The van der Waals surface area contributed by atoms with Crippen LogP contribution >= 0.6 is 0 Å². The monoisotopic (exact) mass is 1540 g/mol. The van der Waals surface area contributed by atoms with E-state index in [4.69, 9.17) is 0 Å². The summed E-state index contributed by atoms with van der Waals surface area (Å²) in [6, 6.07) is 40.1. The molecule has 1 aliphatic rings. The van der Waals surface area contributed by atoms with Crippen molar-refractivity contribution in [1.82, 2.24) is 0 Å². The first-order chi connectivity index (χ1) is 52.3. The fraction of sp³-hybridized carbons (Fsp3) is 0.689. The Labute approximate surface area is 667 Å². The summed E-state index contributed by atoms with van der Waals surface area (Å²) in [6.45, 7) is 18.9. The summed E-state index contributed by atoms with van der Waals surface area (Å²) in [5.74, 6) is 1.15. The van der Waals surface area contributed by atoms with E-state index in [9.17, 15) is 5.53 Å². The molecule has 0 saturated carbocycles. The van der Waals surface area contributed by atoms with Gasteiger partial charge in [-0.05, 0) is 138 Å². The van der Waals surface area contributed by atoms with E-state index in [0.717, 1.165) is 67.9 Å². The molecule has 0 radical (unpaired) electrons. The summed E-state index contributed by atoms with van der Waals surface area (Å²) in [4.78, 5) is 2.45. The van der Waals surface area contributed by atoms with Crippen molar-refractivity contribution in [1.29, 1.82) is 0 Å². The van der Waals surface area contributed by atoms with Gasteiger partial charge in [0.1, 0.15) is 0 Å². The van der Waals surface area contributed by atoms with Crippen LogP contribution in [-0.4, -0.2) is 4.70 Å². The van der Waals surface area contributed by atoms with Crippen LogP contribution in [0.1, 0.15) is 455 Å². The summed E-state index contributed by atoms with van der Waals surface area (Å²) >= 11 is 0.793. The Hall–Kier alpha value is -3.90. The van der Waals surface area contributed by atoms with Crippen LogP contribution in [0, 0.1) is 11.8 Å². The number of rotatable bonds is 69. The molecule has 0 aromatic heterocycles. The zero-order valence-electron chi connectivity index (χ0n) is 71.0. The van der Waals surface area contributed by atoms with Gasteiger partial charge in [0.05, 0.1) is 0 Å². The topological polar surface area (TPSA) is 25.3 Å². The number of benzene rings is 4. The van der Waals surface area contributed by atoms with Gasteiger partial charge < -0.3 is 5.53 Å². The van der Waals surface area contributed by atoms with Gasteiger partial charge in [0.25, 0.3) is 0 Å². The second kappa shape index (κ2) is 66.9. The third-order valence-electron chi connectivity index (χ3n) is 23.5. The van der Waals surface area contributed by atoms with E-state index in [-0.39, 0.29) is 0 Å². The summed E-state index contributed by atoms with van der Waals surface area (Å²) in [5, 5.41) is 0. The number of hydrogen-bond donors (Lipinski definition) is 0. The van der Waals surface area contributed by atoms with Gasteiger partial charge in [-0.3, -0.25) is 0 Å². The Balaban J connectivity index is 0.00000139. The van der Waals surface area contributed by atoms with Gasteiger partial charge in [-0.2, -0.15) is 0 Å². The zero-order valence-corrected chi connectivity index (χ0v) is 72.6. The van der Waals surface area contributed by atoms with Crippen molar-refractivity contribution in [2.75, 3.05) is 0 Å². The molecule has 0 amide bonds. The molecule has 2 atom stereocenters. The van der Waals surface area contributed by atoms with Gasteiger partial charge in [0.15, 0.2) is 0 Å². The summed E-state index contributed by atoms with van der Waals surface area (Å²) < 4.78 is 1.76. The average molecular weight is 1540 g/mol. The molecule has 2 unspecified atom stereocenters. The Bertz CT molecular complexity index is 2790. The summed E-state index contributed by atoms with van der Waals surface area (Å²) in [7, 11) is 0. The fourth-order valence-electron chi connectivity index (χ4n) is 16.4. The fourth-order valence-corrected chi connectivity index (χ4v) is 18.2. The molecule has 106 heavy (non-hydrogen) atoms. The predicted molar refractivity (Wildman–Crippen MR) is 470 cm³/mol. The van der Waals surface area contributed by atoms with E-state index < -0.39 is 0 Å². The third kappa shape index (κ3) is 44.2. The standard InChI is InChI=1S/C89H154N2.2C7H7.Pd/c1-9-17-21-25-29-32-35-36-37-38-39-40-41-42-45-48-51-55-59-71-87-86(70-58-54-28-24-20-12-4)88(84-68-62-60-66-82(84)74-72-80(15-7)76-78(13-5)64-56-52-49-46-43-33-30-26-22-18-10-2)91(90)89(87)85-69-63-61-67-83(85)75-73-81(16-8)77-79(14-6)65-57-53-50-47-44-34-31-27-23-19-11-3;2*1-7-5-3-2-4-6-7;/h60-63,66-69,76-77,80-81H,9-59,64-65,70-75H2,1-8H3;2*2-6H,1H2;. The molecule has 2 nitrogen and oxygen atoms in total. The zero-order chi connectivity index (χ0) is 75.6. The van der Waals surface area contributed by atoms with E-state index >= 15 is 0 Å². The maximum atomic E-state index is 13.3. The molecule has 600 valence electrons. The van der Waals surface area contributed by atoms with Gasteiger partial charge in [0.2, 0.25) is 11.4 Å². The summed E-state index contributed by atoms with van der Waals surface area (Å²) in [6.07, 6.45) is 84.3. The molecule has 0 N–H and O–H groups in total. The molecule has 0 spiro atoms. The van der Waals surface area contributed by atoms with Crippen molar-refractivity contribution in [2.45, 2.75) is 444 Å². The molecule has 0 bridgehead atoms. The van der Waals surface area contributed by atoms with Crippen LogP contribution in [0.5, 0.6) is 0 Å². The van der Waals surface area contributed by atoms with Crippen molar-refractivity contribution in [2.24, 2.45) is 11.8 Å². The maximum absolute atomic E-state index is 13.3. The Morgan fingerprint density at radius 1 is 0.302 bits per heavy atom. The first-order valence-electron chi connectivity index (χ1n) is 46.4. The van der Waals surface area contributed by atoms with Crippen LogP contribution in [0.25, 0.3) is 16.9 Å². The van der Waals surface area contributed by atoms with E-state index in [1.54, 1.807) is 15.8 Å². The first kappa shape index (κ1) is 94.5. The Kier molecular flexibility index (Phi) is 59.6. The molecule has 3 heteroatoms. The van der Waals surface area contributed by atoms with Crippen LogP contribution in [0.4, 0.5) is 0 Å². The quantitative estimate of drug-likeness (QED) is 0.0182. The van der Waals surface area contributed by atoms with Crippen molar-refractivity contribution in [3.63, 3.8) is 0 Å². The molecule has 4 aromatic rings.